The lowest BCUT2D eigenvalue weighted by atomic mass is 9.65. The standard InChI is InChI=1S/C26H33N5.CH2O2/c1-2-20-10-12-26(13-11-20)14-16-31(17-15-26)24-9-8-22(19-27-24)25-28-23(29-30-25)18-21-6-4-3-5-7-21;2-1-3/h3-9,19-20H,2,10-18H2,1H3,(H,28,29,30);1H,(H,2,3). The lowest BCUT2D eigenvalue weighted by molar-refractivity contribution is -0.122. The van der Waals surface area contributed by atoms with Gasteiger partial charge in [-0.25, -0.2) is 9.97 Å². The molecule has 0 amide bonds. The summed E-state index contributed by atoms with van der Waals surface area (Å²) in [6.45, 7) is 4.36. The van der Waals surface area contributed by atoms with Gasteiger partial charge in [0.05, 0.1) is 0 Å². The van der Waals surface area contributed by atoms with Gasteiger partial charge in [-0.05, 0) is 67.6 Å². The summed E-state index contributed by atoms with van der Waals surface area (Å²) in [5, 5.41) is 14.4. The van der Waals surface area contributed by atoms with Crippen molar-refractivity contribution >= 4 is 12.3 Å². The summed E-state index contributed by atoms with van der Waals surface area (Å²) in [4.78, 5) is 20.2. The van der Waals surface area contributed by atoms with E-state index in [9.17, 15) is 0 Å². The fourth-order valence-corrected chi connectivity index (χ4v) is 5.41. The summed E-state index contributed by atoms with van der Waals surface area (Å²) in [7, 11) is 0. The minimum atomic E-state index is -0.250. The van der Waals surface area contributed by atoms with Crippen molar-refractivity contribution in [2.45, 2.75) is 58.3 Å². The molecule has 0 radical (unpaired) electrons. The van der Waals surface area contributed by atoms with Gasteiger partial charge in [0.25, 0.3) is 6.47 Å². The minimum absolute atomic E-state index is 0.250. The first-order valence-electron chi connectivity index (χ1n) is 12.4. The number of nitrogens with zero attached hydrogens (tertiary/aromatic N) is 4. The summed E-state index contributed by atoms with van der Waals surface area (Å²) >= 11 is 0. The van der Waals surface area contributed by atoms with E-state index in [-0.39, 0.29) is 6.47 Å². The molecule has 1 aliphatic carbocycles. The second-order valence-electron chi connectivity index (χ2n) is 9.62. The molecule has 1 aromatic carbocycles. The number of aromatic amines is 1. The van der Waals surface area contributed by atoms with Crippen molar-refractivity contribution in [2.24, 2.45) is 11.3 Å². The van der Waals surface area contributed by atoms with E-state index >= 15 is 0 Å². The number of anilines is 1. The molecule has 7 heteroatoms. The van der Waals surface area contributed by atoms with Crippen molar-refractivity contribution in [3.8, 4) is 11.4 Å². The molecule has 0 atom stereocenters. The molecular formula is C27H35N5O2. The summed E-state index contributed by atoms with van der Waals surface area (Å²) in [5.41, 5.74) is 2.80. The third-order valence-corrected chi connectivity index (χ3v) is 7.64. The van der Waals surface area contributed by atoms with Crippen LogP contribution < -0.4 is 4.90 Å². The molecule has 0 bridgehead atoms. The molecule has 2 aromatic heterocycles. The highest BCUT2D eigenvalue weighted by Gasteiger charge is 2.37. The topological polar surface area (TPSA) is 95.0 Å². The Morgan fingerprint density at radius 2 is 1.79 bits per heavy atom. The fraction of sp³-hybridized carbons (Fsp3) is 0.481. The zero-order chi connectivity index (χ0) is 23.8. The lowest BCUT2D eigenvalue weighted by Crippen LogP contribution is -2.42. The molecular weight excluding hydrogens is 426 g/mol. The number of benzene rings is 1. The molecule has 2 fully saturated rings. The normalized spacial score (nSPS) is 17.7. The second kappa shape index (κ2) is 11.3. The maximum Gasteiger partial charge on any atom is 0.290 e. The maximum atomic E-state index is 8.36. The quantitative estimate of drug-likeness (QED) is 0.498. The number of hydrogen-bond acceptors (Lipinski definition) is 5. The van der Waals surface area contributed by atoms with Crippen LogP contribution in [0.15, 0.2) is 48.7 Å². The van der Waals surface area contributed by atoms with Gasteiger partial charge in [-0.3, -0.25) is 9.89 Å². The number of hydrogen-bond donors (Lipinski definition) is 2. The summed E-state index contributed by atoms with van der Waals surface area (Å²) in [5.74, 6) is 3.65. The molecule has 5 rings (SSSR count). The number of nitrogens with one attached hydrogen (secondary N) is 1. The summed E-state index contributed by atoms with van der Waals surface area (Å²) in [6.07, 6.45) is 12.4. The largest absolute Gasteiger partial charge is 0.483 e. The number of pyridine rings is 1. The molecule has 180 valence electrons. The number of carboxylic acid groups (broad SMARTS) is 1. The van der Waals surface area contributed by atoms with Gasteiger partial charge >= 0.3 is 0 Å². The van der Waals surface area contributed by atoms with Gasteiger partial charge in [0.2, 0.25) is 0 Å². The Balaban J connectivity index is 0.000000868. The first kappa shape index (κ1) is 23.9. The zero-order valence-electron chi connectivity index (χ0n) is 20.0. The van der Waals surface area contributed by atoms with Crippen molar-refractivity contribution in [3.05, 3.63) is 60.0 Å². The van der Waals surface area contributed by atoms with Crippen molar-refractivity contribution in [3.63, 3.8) is 0 Å². The van der Waals surface area contributed by atoms with E-state index in [2.05, 4.69) is 51.3 Å². The SMILES string of the molecule is CCC1CCC2(CC1)CCN(c1ccc(-c3n[nH]c(Cc4ccccc4)n3)cn1)CC2.O=CO. The Labute approximate surface area is 201 Å². The average molecular weight is 462 g/mol. The van der Waals surface area contributed by atoms with Gasteiger partial charge in [0.15, 0.2) is 5.82 Å². The number of aromatic nitrogens is 4. The summed E-state index contributed by atoms with van der Waals surface area (Å²) in [6, 6.07) is 14.6. The predicted octanol–water partition coefficient (Wildman–Crippen LogP) is 5.35. The molecule has 1 spiro atoms. The molecule has 1 aliphatic heterocycles. The highest BCUT2D eigenvalue weighted by molar-refractivity contribution is 5.56. The average Bonchev–Trinajstić information content (AvgIpc) is 3.35. The van der Waals surface area contributed by atoms with Crippen LogP contribution in [0.2, 0.25) is 0 Å². The van der Waals surface area contributed by atoms with E-state index in [1.165, 1.54) is 50.5 Å². The first-order chi connectivity index (χ1) is 16.6. The van der Waals surface area contributed by atoms with Crippen molar-refractivity contribution in [1.29, 1.82) is 0 Å². The van der Waals surface area contributed by atoms with Crippen molar-refractivity contribution in [1.82, 2.24) is 20.2 Å². The molecule has 2 aliphatic rings. The Bertz CT molecular complexity index is 1020. The Hall–Kier alpha value is -3.22. The van der Waals surface area contributed by atoms with E-state index in [1.807, 2.05) is 24.4 Å². The van der Waals surface area contributed by atoms with E-state index in [0.717, 1.165) is 48.5 Å². The zero-order valence-corrected chi connectivity index (χ0v) is 20.0. The highest BCUT2D eigenvalue weighted by atomic mass is 16.3. The van der Waals surface area contributed by atoms with E-state index in [0.29, 0.717) is 5.41 Å². The van der Waals surface area contributed by atoms with Crippen molar-refractivity contribution in [2.75, 3.05) is 18.0 Å². The minimum Gasteiger partial charge on any atom is -0.483 e. The molecule has 3 heterocycles. The predicted molar refractivity (Wildman–Crippen MR) is 134 cm³/mol. The van der Waals surface area contributed by atoms with Crippen molar-refractivity contribution < 1.29 is 9.90 Å². The Kier molecular flexibility index (Phi) is 7.93. The van der Waals surface area contributed by atoms with Gasteiger partial charge in [-0.15, -0.1) is 0 Å². The smallest absolute Gasteiger partial charge is 0.290 e. The maximum absolute atomic E-state index is 8.36. The molecule has 3 aromatic rings. The number of carbonyl (C=O) groups is 1. The van der Waals surface area contributed by atoms with Gasteiger partial charge in [0.1, 0.15) is 11.6 Å². The lowest BCUT2D eigenvalue weighted by Gasteiger charge is -2.46. The second-order valence-corrected chi connectivity index (χ2v) is 9.62. The molecule has 34 heavy (non-hydrogen) atoms. The molecule has 1 saturated carbocycles. The van der Waals surface area contributed by atoms with Crippen LogP contribution in [0.1, 0.15) is 63.3 Å². The van der Waals surface area contributed by atoms with Crippen LogP contribution in [0.4, 0.5) is 5.82 Å². The van der Waals surface area contributed by atoms with Crippen LogP contribution in [-0.2, 0) is 11.2 Å². The summed E-state index contributed by atoms with van der Waals surface area (Å²) < 4.78 is 0. The van der Waals surface area contributed by atoms with Crippen LogP contribution in [0.5, 0.6) is 0 Å². The van der Waals surface area contributed by atoms with E-state index < -0.39 is 0 Å². The third-order valence-electron chi connectivity index (χ3n) is 7.64. The monoisotopic (exact) mass is 461 g/mol. The number of H-pyrrole nitrogens is 1. The third kappa shape index (κ3) is 5.82. The van der Waals surface area contributed by atoms with Gasteiger partial charge in [-0.1, -0.05) is 43.7 Å². The Morgan fingerprint density at radius 1 is 1.09 bits per heavy atom. The van der Waals surface area contributed by atoms with Gasteiger partial charge < -0.3 is 10.0 Å². The molecule has 1 saturated heterocycles. The van der Waals surface area contributed by atoms with Crippen LogP contribution >= 0.6 is 0 Å². The Morgan fingerprint density at radius 3 is 2.41 bits per heavy atom. The van der Waals surface area contributed by atoms with Crippen LogP contribution in [-0.4, -0.2) is 44.8 Å². The van der Waals surface area contributed by atoms with Crippen LogP contribution in [0, 0.1) is 11.3 Å². The van der Waals surface area contributed by atoms with Crippen LogP contribution in [0.3, 0.4) is 0 Å². The molecule has 2 N–H and O–H groups in total. The van der Waals surface area contributed by atoms with Crippen LogP contribution in [0.25, 0.3) is 11.4 Å². The van der Waals surface area contributed by atoms with Gasteiger partial charge in [0, 0.05) is 31.3 Å². The van der Waals surface area contributed by atoms with Gasteiger partial charge in [-0.2, -0.15) is 5.10 Å². The van der Waals surface area contributed by atoms with E-state index in [1.54, 1.807) is 0 Å². The molecule has 0 unspecified atom stereocenters. The molecule has 7 nitrogen and oxygen atoms in total. The fourth-order valence-electron chi connectivity index (χ4n) is 5.41. The van der Waals surface area contributed by atoms with E-state index in [4.69, 9.17) is 14.9 Å². The number of rotatable bonds is 5. The number of piperidine rings is 1. The highest BCUT2D eigenvalue weighted by Crippen LogP contribution is 2.47. The first-order valence-corrected chi connectivity index (χ1v) is 12.4.